The monoisotopic (exact) mass is 307 g/mol. The Bertz CT molecular complexity index is 522. The minimum Gasteiger partial charge on any atom is -0.399 e. The second-order valence-corrected chi connectivity index (χ2v) is 7.44. The van der Waals surface area contributed by atoms with Gasteiger partial charge >= 0.3 is 7.12 Å². The lowest BCUT2D eigenvalue weighted by Crippen LogP contribution is -2.47. The first-order valence-corrected chi connectivity index (χ1v) is 8.02. The van der Waals surface area contributed by atoms with E-state index in [0.717, 1.165) is 31.4 Å². The van der Waals surface area contributed by atoms with E-state index in [9.17, 15) is 5.11 Å². The second-order valence-electron chi connectivity index (χ2n) is 7.44. The molecule has 3 heterocycles. The van der Waals surface area contributed by atoms with Crippen LogP contribution >= 0.6 is 0 Å². The van der Waals surface area contributed by atoms with Gasteiger partial charge in [-0.3, -0.25) is 4.68 Å². The summed E-state index contributed by atoms with van der Waals surface area (Å²) in [7, 11) is -0.406. The van der Waals surface area contributed by atoms with Crippen LogP contribution < -0.4 is 10.8 Å². The Morgan fingerprint density at radius 1 is 1.23 bits per heavy atom. The van der Waals surface area contributed by atoms with Crippen molar-refractivity contribution in [2.75, 3.05) is 19.7 Å². The third kappa shape index (κ3) is 2.50. The number of aromatic nitrogens is 2. The molecule has 6 nitrogen and oxygen atoms in total. The molecule has 0 spiro atoms. The van der Waals surface area contributed by atoms with Crippen LogP contribution in [0.3, 0.4) is 0 Å². The zero-order chi connectivity index (χ0) is 16.0. The SMILES string of the molecule is CC1(C)OB(c2cnn(C3(CO)CCNCC3)c2)OC1(C)C. The molecule has 0 aliphatic carbocycles. The second kappa shape index (κ2) is 5.34. The van der Waals surface area contributed by atoms with E-state index in [0.29, 0.717) is 0 Å². The molecule has 22 heavy (non-hydrogen) atoms. The normalized spacial score (nSPS) is 26.3. The lowest BCUT2D eigenvalue weighted by atomic mass is 9.81. The molecule has 0 saturated carbocycles. The Labute approximate surface area is 132 Å². The maximum absolute atomic E-state index is 9.88. The number of piperidine rings is 1. The van der Waals surface area contributed by atoms with Gasteiger partial charge in [-0.1, -0.05) is 0 Å². The van der Waals surface area contributed by atoms with Crippen molar-refractivity contribution in [2.45, 2.75) is 57.3 Å². The average molecular weight is 307 g/mol. The molecule has 122 valence electrons. The first-order valence-electron chi connectivity index (χ1n) is 8.02. The largest absolute Gasteiger partial charge is 0.498 e. The number of nitrogens with zero attached hydrogens (tertiary/aromatic N) is 2. The number of nitrogens with one attached hydrogen (secondary N) is 1. The van der Waals surface area contributed by atoms with E-state index in [2.05, 4.69) is 10.4 Å². The van der Waals surface area contributed by atoms with Crippen LogP contribution in [0.2, 0.25) is 0 Å². The van der Waals surface area contributed by atoms with Gasteiger partial charge in [0.2, 0.25) is 0 Å². The van der Waals surface area contributed by atoms with Crippen molar-refractivity contribution in [1.82, 2.24) is 15.1 Å². The first kappa shape index (κ1) is 16.0. The summed E-state index contributed by atoms with van der Waals surface area (Å²) in [5.41, 5.74) is -0.121. The molecule has 0 aromatic carbocycles. The van der Waals surface area contributed by atoms with E-state index in [1.54, 1.807) is 6.20 Å². The van der Waals surface area contributed by atoms with Crippen molar-refractivity contribution >= 4 is 12.6 Å². The van der Waals surface area contributed by atoms with Crippen LogP contribution in [0, 0.1) is 0 Å². The van der Waals surface area contributed by atoms with Gasteiger partial charge in [-0.05, 0) is 53.6 Å². The molecule has 0 radical (unpaired) electrons. The third-order valence-corrected chi connectivity index (χ3v) is 5.44. The molecular formula is C15H26BN3O3. The van der Waals surface area contributed by atoms with Crippen LogP contribution in [0.15, 0.2) is 12.4 Å². The van der Waals surface area contributed by atoms with Crippen molar-refractivity contribution in [3.63, 3.8) is 0 Å². The van der Waals surface area contributed by atoms with Crippen LogP contribution in [0.1, 0.15) is 40.5 Å². The van der Waals surface area contributed by atoms with Crippen molar-refractivity contribution in [3.8, 4) is 0 Å². The van der Waals surface area contributed by atoms with Crippen molar-refractivity contribution in [1.29, 1.82) is 0 Å². The van der Waals surface area contributed by atoms with E-state index >= 15 is 0 Å². The minimum absolute atomic E-state index is 0.0964. The molecule has 2 aliphatic rings. The number of aliphatic hydroxyl groups excluding tert-OH is 1. The molecule has 3 rings (SSSR count). The van der Waals surface area contributed by atoms with E-state index in [-0.39, 0.29) is 23.3 Å². The molecule has 2 saturated heterocycles. The number of aliphatic hydroxyl groups is 1. The summed E-state index contributed by atoms with van der Waals surface area (Å²) in [6, 6.07) is 0. The highest BCUT2D eigenvalue weighted by atomic mass is 16.7. The Hall–Kier alpha value is -0.885. The first-order chi connectivity index (χ1) is 10.3. The Morgan fingerprint density at radius 3 is 2.36 bits per heavy atom. The maximum Gasteiger partial charge on any atom is 0.498 e. The quantitative estimate of drug-likeness (QED) is 0.784. The van der Waals surface area contributed by atoms with Gasteiger partial charge in [-0.15, -0.1) is 0 Å². The molecule has 2 fully saturated rings. The lowest BCUT2D eigenvalue weighted by Gasteiger charge is -2.36. The fourth-order valence-corrected chi connectivity index (χ4v) is 3.05. The van der Waals surface area contributed by atoms with E-state index in [1.807, 2.05) is 38.6 Å². The Balaban J connectivity index is 1.83. The molecular weight excluding hydrogens is 281 g/mol. The predicted molar refractivity (Wildman–Crippen MR) is 85.1 cm³/mol. The van der Waals surface area contributed by atoms with Gasteiger partial charge in [0.25, 0.3) is 0 Å². The van der Waals surface area contributed by atoms with E-state index in [1.165, 1.54) is 0 Å². The molecule has 0 bridgehead atoms. The molecule has 2 N–H and O–H groups in total. The standard InChI is InChI=1S/C15H26BN3O3/c1-13(2)14(3,4)22-16(21-13)12-9-18-19(10-12)15(11-20)5-7-17-8-6-15/h9-10,17,20H,5-8,11H2,1-4H3. The van der Waals surface area contributed by atoms with Crippen LogP contribution in [0.5, 0.6) is 0 Å². The van der Waals surface area contributed by atoms with Crippen LogP contribution in [-0.2, 0) is 14.8 Å². The molecule has 0 unspecified atom stereocenters. The summed E-state index contributed by atoms with van der Waals surface area (Å²) in [5, 5.41) is 17.7. The van der Waals surface area contributed by atoms with Gasteiger partial charge in [0, 0.05) is 17.9 Å². The van der Waals surface area contributed by atoms with Gasteiger partial charge in [0.1, 0.15) is 0 Å². The highest BCUT2D eigenvalue weighted by molar-refractivity contribution is 6.62. The smallest absolute Gasteiger partial charge is 0.399 e. The molecule has 1 aromatic heterocycles. The van der Waals surface area contributed by atoms with Crippen LogP contribution in [0.4, 0.5) is 0 Å². The van der Waals surface area contributed by atoms with Crippen molar-refractivity contribution in [2.24, 2.45) is 0 Å². The summed E-state index contributed by atoms with van der Waals surface area (Å²) in [6.07, 6.45) is 5.49. The number of hydrogen-bond acceptors (Lipinski definition) is 5. The summed E-state index contributed by atoms with van der Waals surface area (Å²) in [6.45, 7) is 10.1. The fraction of sp³-hybridized carbons (Fsp3) is 0.800. The predicted octanol–water partition coefficient (Wildman–Crippen LogP) is 0.253. The lowest BCUT2D eigenvalue weighted by molar-refractivity contribution is 0.00578. The summed E-state index contributed by atoms with van der Waals surface area (Å²) >= 11 is 0. The van der Waals surface area contributed by atoms with Gasteiger partial charge in [-0.25, -0.2) is 0 Å². The summed E-state index contributed by atoms with van der Waals surface area (Å²) in [5.74, 6) is 0. The highest BCUT2D eigenvalue weighted by Crippen LogP contribution is 2.36. The Morgan fingerprint density at radius 2 is 1.82 bits per heavy atom. The molecule has 2 aliphatic heterocycles. The number of hydrogen-bond donors (Lipinski definition) is 2. The highest BCUT2D eigenvalue weighted by Gasteiger charge is 2.52. The fourth-order valence-electron chi connectivity index (χ4n) is 3.05. The van der Waals surface area contributed by atoms with Crippen LogP contribution in [0.25, 0.3) is 0 Å². The third-order valence-electron chi connectivity index (χ3n) is 5.44. The van der Waals surface area contributed by atoms with Crippen molar-refractivity contribution < 1.29 is 14.4 Å². The zero-order valence-electron chi connectivity index (χ0n) is 13.9. The molecule has 1 aromatic rings. The van der Waals surface area contributed by atoms with E-state index in [4.69, 9.17) is 9.31 Å². The summed E-state index contributed by atoms with van der Waals surface area (Å²) in [4.78, 5) is 0. The van der Waals surface area contributed by atoms with E-state index < -0.39 is 7.12 Å². The Kier molecular flexibility index (Phi) is 3.88. The van der Waals surface area contributed by atoms with Gasteiger partial charge < -0.3 is 19.7 Å². The van der Waals surface area contributed by atoms with Crippen molar-refractivity contribution in [3.05, 3.63) is 12.4 Å². The van der Waals surface area contributed by atoms with Gasteiger partial charge in [0.15, 0.2) is 0 Å². The zero-order valence-corrected chi connectivity index (χ0v) is 13.9. The molecule has 0 amide bonds. The molecule has 7 heteroatoms. The molecule has 0 atom stereocenters. The van der Waals surface area contributed by atoms with Crippen LogP contribution in [-0.4, -0.2) is 52.9 Å². The summed E-state index contributed by atoms with van der Waals surface area (Å²) < 4.78 is 14.0. The average Bonchev–Trinajstić information content (AvgIpc) is 3.04. The number of rotatable bonds is 3. The topological polar surface area (TPSA) is 68.5 Å². The van der Waals surface area contributed by atoms with Gasteiger partial charge in [0.05, 0.1) is 23.3 Å². The van der Waals surface area contributed by atoms with Gasteiger partial charge in [-0.2, -0.15) is 5.10 Å². The maximum atomic E-state index is 9.88. The minimum atomic E-state index is -0.406.